The number of hydrogen-bond acceptors (Lipinski definition) is 5. The number of aromatic nitrogens is 1. The van der Waals surface area contributed by atoms with Crippen LogP contribution >= 0.6 is 11.3 Å². The van der Waals surface area contributed by atoms with Gasteiger partial charge in [-0.3, -0.25) is 4.79 Å². The summed E-state index contributed by atoms with van der Waals surface area (Å²) in [5.74, 6) is -0.278. The monoisotopic (exact) mass is 291 g/mol. The fourth-order valence-corrected chi connectivity index (χ4v) is 2.60. The third-order valence-corrected chi connectivity index (χ3v) is 3.88. The van der Waals surface area contributed by atoms with Crippen LogP contribution in [0.5, 0.6) is 5.75 Å². The Morgan fingerprint density at radius 3 is 2.75 bits per heavy atom. The van der Waals surface area contributed by atoms with E-state index < -0.39 is 0 Å². The first-order chi connectivity index (χ1) is 9.38. The van der Waals surface area contributed by atoms with E-state index in [9.17, 15) is 9.90 Å². The lowest BCUT2D eigenvalue weighted by Crippen LogP contribution is -2.13. The zero-order chi connectivity index (χ0) is 14.9. The molecule has 1 heterocycles. The molecule has 1 unspecified atom stereocenters. The molecule has 1 amide bonds. The van der Waals surface area contributed by atoms with Gasteiger partial charge in [0.2, 0.25) is 0 Å². The molecule has 6 heteroatoms. The number of aromatic hydroxyl groups is 1. The summed E-state index contributed by atoms with van der Waals surface area (Å²) in [7, 11) is 0. The van der Waals surface area contributed by atoms with Crippen LogP contribution in [0.4, 0.5) is 5.69 Å². The molecule has 106 valence electrons. The predicted octanol–water partition coefficient (Wildman–Crippen LogP) is 2.74. The van der Waals surface area contributed by atoms with Gasteiger partial charge >= 0.3 is 0 Å². The fourth-order valence-electron chi connectivity index (χ4n) is 1.84. The zero-order valence-electron chi connectivity index (χ0n) is 11.6. The van der Waals surface area contributed by atoms with E-state index in [1.807, 2.05) is 19.9 Å². The van der Waals surface area contributed by atoms with E-state index in [0.717, 1.165) is 11.1 Å². The summed E-state index contributed by atoms with van der Waals surface area (Å²) in [6, 6.07) is 3.37. The third-order valence-electron chi connectivity index (χ3n) is 2.84. The Balaban J connectivity index is 2.23. The molecule has 0 aliphatic rings. The standard InChI is InChI=1S/C14H17N3O2S/c1-7-4-8(2)12(18)10(5-7)16-13(19)11-6-20-14(17-11)9(3)15/h4-6,9,18H,15H2,1-3H3,(H,16,19). The van der Waals surface area contributed by atoms with Crippen molar-refractivity contribution in [3.8, 4) is 5.75 Å². The Morgan fingerprint density at radius 1 is 1.45 bits per heavy atom. The molecule has 0 fully saturated rings. The van der Waals surface area contributed by atoms with Gasteiger partial charge in [-0.2, -0.15) is 0 Å². The van der Waals surface area contributed by atoms with Crippen molar-refractivity contribution in [3.05, 3.63) is 39.3 Å². The number of carbonyl (C=O) groups is 1. The number of nitrogens with one attached hydrogen (secondary N) is 1. The molecule has 1 aromatic heterocycles. The van der Waals surface area contributed by atoms with E-state index in [0.29, 0.717) is 16.4 Å². The Kier molecular flexibility index (Phi) is 4.06. The lowest BCUT2D eigenvalue weighted by Gasteiger charge is -2.09. The second-order valence-electron chi connectivity index (χ2n) is 4.79. The fraction of sp³-hybridized carbons (Fsp3) is 0.286. The second-order valence-corrected chi connectivity index (χ2v) is 5.68. The van der Waals surface area contributed by atoms with Gasteiger partial charge in [0.15, 0.2) is 0 Å². The van der Waals surface area contributed by atoms with E-state index in [4.69, 9.17) is 5.73 Å². The van der Waals surface area contributed by atoms with Crippen LogP contribution < -0.4 is 11.1 Å². The minimum atomic E-state index is -0.353. The average Bonchev–Trinajstić information content (AvgIpc) is 2.85. The number of rotatable bonds is 3. The number of amides is 1. The average molecular weight is 291 g/mol. The van der Waals surface area contributed by atoms with Gasteiger partial charge in [0.1, 0.15) is 16.5 Å². The highest BCUT2D eigenvalue weighted by Crippen LogP contribution is 2.29. The van der Waals surface area contributed by atoms with E-state index >= 15 is 0 Å². The first-order valence-electron chi connectivity index (χ1n) is 6.21. The van der Waals surface area contributed by atoms with E-state index in [2.05, 4.69) is 10.3 Å². The Bertz CT molecular complexity index is 650. The molecule has 4 N–H and O–H groups in total. The summed E-state index contributed by atoms with van der Waals surface area (Å²) in [5, 5.41) is 15.0. The SMILES string of the molecule is Cc1cc(C)c(O)c(NC(=O)c2csc(C(C)N)n2)c1. The van der Waals surface area contributed by atoms with Crippen LogP contribution in [-0.4, -0.2) is 16.0 Å². The highest BCUT2D eigenvalue weighted by Gasteiger charge is 2.15. The number of nitrogens with zero attached hydrogens (tertiary/aromatic N) is 1. The van der Waals surface area contributed by atoms with Gasteiger partial charge in [-0.05, 0) is 38.0 Å². The Labute approximate surface area is 121 Å². The number of benzene rings is 1. The minimum absolute atomic E-state index is 0.0756. The van der Waals surface area contributed by atoms with Crippen molar-refractivity contribution in [1.29, 1.82) is 0 Å². The summed E-state index contributed by atoms with van der Waals surface area (Å²) in [4.78, 5) is 16.3. The van der Waals surface area contributed by atoms with Gasteiger partial charge in [-0.1, -0.05) is 6.07 Å². The summed E-state index contributed by atoms with van der Waals surface area (Å²) in [5.41, 5.74) is 8.10. The molecule has 0 spiro atoms. The van der Waals surface area contributed by atoms with Crippen molar-refractivity contribution in [3.63, 3.8) is 0 Å². The van der Waals surface area contributed by atoms with Crippen LogP contribution in [0.15, 0.2) is 17.5 Å². The highest BCUT2D eigenvalue weighted by molar-refractivity contribution is 7.09. The van der Waals surface area contributed by atoms with Crippen LogP contribution in [-0.2, 0) is 0 Å². The molecule has 1 atom stereocenters. The maximum absolute atomic E-state index is 12.1. The lowest BCUT2D eigenvalue weighted by atomic mass is 10.1. The Hall–Kier alpha value is -1.92. The third kappa shape index (κ3) is 2.97. The number of phenols is 1. The number of phenolic OH excluding ortho intramolecular Hbond substituents is 1. The number of nitrogens with two attached hydrogens (primary N) is 1. The molecule has 5 nitrogen and oxygen atoms in total. The zero-order valence-corrected chi connectivity index (χ0v) is 12.4. The molecule has 20 heavy (non-hydrogen) atoms. The highest BCUT2D eigenvalue weighted by atomic mass is 32.1. The molecule has 0 saturated heterocycles. The summed E-state index contributed by atoms with van der Waals surface area (Å²) in [6.45, 7) is 5.50. The summed E-state index contributed by atoms with van der Waals surface area (Å²) in [6.07, 6.45) is 0. The molecule has 0 aliphatic carbocycles. The summed E-state index contributed by atoms with van der Waals surface area (Å²) < 4.78 is 0. The summed E-state index contributed by atoms with van der Waals surface area (Å²) >= 11 is 1.35. The molecule has 0 saturated carbocycles. The lowest BCUT2D eigenvalue weighted by molar-refractivity contribution is 0.102. The Morgan fingerprint density at radius 2 is 2.15 bits per heavy atom. The smallest absolute Gasteiger partial charge is 0.275 e. The molecule has 0 bridgehead atoms. The minimum Gasteiger partial charge on any atom is -0.505 e. The van der Waals surface area contributed by atoms with Gasteiger partial charge in [0, 0.05) is 5.38 Å². The van der Waals surface area contributed by atoms with Crippen molar-refractivity contribution in [1.82, 2.24) is 4.98 Å². The molecule has 0 aliphatic heterocycles. The topological polar surface area (TPSA) is 88.2 Å². The van der Waals surface area contributed by atoms with Gasteiger partial charge in [-0.25, -0.2) is 4.98 Å². The number of hydrogen-bond donors (Lipinski definition) is 3. The van der Waals surface area contributed by atoms with Crippen LogP contribution in [0.3, 0.4) is 0 Å². The molecule has 0 radical (unpaired) electrons. The first-order valence-corrected chi connectivity index (χ1v) is 7.09. The maximum Gasteiger partial charge on any atom is 0.275 e. The number of thiazole rings is 1. The number of aryl methyl sites for hydroxylation is 2. The van der Waals surface area contributed by atoms with Crippen molar-refractivity contribution < 1.29 is 9.90 Å². The molecular formula is C14H17N3O2S. The number of carbonyl (C=O) groups excluding carboxylic acids is 1. The van der Waals surface area contributed by atoms with Crippen LogP contribution in [0, 0.1) is 13.8 Å². The van der Waals surface area contributed by atoms with Gasteiger partial charge in [0.25, 0.3) is 5.91 Å². The number of anilines is 1. The normalized spacial score (nSPS) is 12.2. The quantitative estimate of drug-likeness (QED) is 0.759. The van der Waals surface area contributed by atoms with Crippen molar-refractivity contribution in [2.75, 3.05) is 5.32 Å². The van der Waals surface area contributed by atoms with Crippen LogP contribution in [0.1, 0.15) is 39.6 Å². The first kappa shape index (κ1) is 14.5. The van der Waals surface area contributed by atoms with Gasteiger partial charge in [0.05, 0.1) is 11.7 Å². The predicted molar refractivity (Wildman–Crippen MR) is 80.3 cm³/mol. The van der Waals surface area contributed by atoms with Crippen molar-refractivity contribution >= 4 is 22.9 Å². The molecule has 1 aromatic carbocycles. The van der Waals surface area contributed by atoms with Crippen molar-refractivity contribution in [2.24, 2.45) is 5.73 Å². The van der Waals surface area contributed by atoms with E-state index in [1.165, 1.54) is 11.3 Å². The van der Waals surface area contributed by atoms with Gasteiger partial charge < -0.3 is 16.2 Å². The van der Waals surface area contributed by atoms with Gasteiger partial charge in [-0.15, -0.1) is 11.3 Å². The maximum atomic E-state index is 12.1. The van der Waals surface area contributed by atoms with Crippen LogP contribution in [0.25, 0.3) is 0 Å². The largest absolute Gasteiger partial charge is 0.505 e. The molecular weight excluding hydrogens is 274 g/mol. The van der Waals surface area contributed by atoms with E-state index in [1.54, 1.807) is 18.4 Å². The molecule has 2 aromatic rings. The van der Waals surface area contributed by atoms with E-state index in [-0.39, 0.29) is 17.7 Å². The van der Waals surface area contributed by atoms with Crippen molar-refractivity contribution in [2.45, 2.75) is 26.8 Å². The molecule has 2 rings (SSSR count). The second kappa shape index (κ2) is 5.60. The van der Waals surface area contributed by atoms with Crippen LogP contribution in [0.2, 0.25) is 0 Å².